The summed E-state index contributed by atoms with van der Waals surface area (Å²) in [6.07, 6.45) is 4.63. The normalized spacial score (nSPS) is 12.4. The third-order valence-corrected chi connectivity index (χ3v) is 3.74. The molecule has 118 valence electrons. The first-order chi connectivity index (χ1) is 10.5. The second kappa shape index (κ2) is 7.22. The van der Waals surface area contributed by atoms with Crippen LogP contribution in [0, 0.1) is 0 Å². The van der Waals surface area contributed by atoms with Gasteiger partial charge in [-0.15, -0.1) is 0 Å². The standard InChI is InChI=1S/C17H24N4O/c1-5-16(20(2)3)17(22)18-10-13-7-6-8-14(9-13)15-11-19-21(4)12-15/h6-9,11-12,16H,5,10H2,1-4H3,(H,18,22)/t16-/m0/s1. The maximum absolute atomic E-state index is 12.2. The lowest BCUT2D eigenvalue weighted by atomic mass is 10.1. The Labute approximate surface area is 131 Å². The number of rotatable bonds is 6. The van der Waals surface area contributed by atoms with E-state index >= 15 is 0 Å². The summed E-state index contributed by atoms with van der Waals surface area (Å²) in [6.45, 7) is 2.56. The van der Waals surface area contributed by atoms with Gasteiger partial charge in [0.1, 0.15) is 0 Å². The van der Waals surface area contributed by atoms with Crippen molar-refractivity contribution in [2.24, 2.45) is 7.05 Å². The monoisotopic (exact) mass is 300 g/mol. The van der Waals surface area contributed by atoms with Gasteiger partial charge < -0.3 is 5.32 Å². The number of nitrogens with zero attached hydrogens (tertiary/aromatic N) is 3. The molecule has 2 rings (SSSR count). The molecule has 0 saturated heterocycles. The molecule has 22 heavy (non-hydrogen) atoms. The van der Waals surface area contributed by atoms with Crippen LogP contribution in [-0.4, -0.2) is 40.7 Å². The van der Waals surface area contributed by atoms with Crippen LogP contribution in [0.2, 0.25) is 0 Å². The number of carbonyl (C=O) groups is 1. The number of aromatic nitrogens is 2. The Morgan fingerprint density at radius 3 is 2.73 bits per heavy atom. The zero-order valence-corrected chi connectivity index (χ0v) is 13.7. The molecular formula is C17H24N4O. The highest BCUT2D eigenvalue weighted by molar-refractivity contribution is 5.81. The number of amides is 1. The number of carbonyl (C=O) groups excluding carboxylic acids is 1. The summed E-state index contributed by atoms with van der Waals surface area (Å²) >= 11 is 0. The van der Waals surface area contributed by atoms with E-state index < -0.39 is 0 Å². The summed E-state index contributed by atoms with van der Waals surface area (Å²) in [6, 6.07) is 8.09. The van der Waals surface area contributed by atoms with Crippen molar-refractivity contribution in [3.05, 3.63) is 42.2 Å². The lowest BCUT2D eigenvalue weighted by Gasteiger charge is -2.21. The van der Waals surface area contributed by atoms with Crippen molar-refractivity contribution in [3.8, 4) is 11.1 Å². The fraction of sp³-hybridized carbons (Fsp3) is 0.412. The second-order valence-corrected chi connectivity index (χ2v) is 5.71. The van der Waals surface area contributed by atoms with Crippen molar-refractivity contribution in [2.75, 3.05) is 14.1 Å². The number of benzene rings is 1. The summed E-state index contributed by atoms with van der Waals surface area (Å²) in [5.41, 5.74) is 3.28. The molecular weight excluding hydrogens is 276 g/mol. The van der Waals surface area contributed by atoms with E-state index in [1.54, 1.807) is 4.68 Å². The summed E-state index contributed by atoms with van der Waals surface area (Å²) in [5, 5.41) is 7.21. The third-order valence-electron chi connectivity index (χ3n) is 3.74. The minimum atomic E-state index is -0.0819. The molecule has 1 N–H and O–H groups in total. The Balaban J connectivity index is 2.03. The molecule has 0 aliphatic rings. The molecule has 0 aliphatic carbocycles. The van der Waals surface area contributed by atoms with Crippen molar-refractivity contribution in [1.82, 2.24) is 20.0 Å². The molecule has 1 heterocycles. The average Bonchev–Trinajstić information content (AvgIpc) is 2.92. The van der Waals surface area contributed by atoms with Crippen LogP contribution in [0.4, 0.5) is 0 Å². The second-order valence-electron chi connectivity index (χ2n) is 5.71. The molecule has 1 amide bonds. The molecule has 0 spiro atoms. The molecule has 0 fully saturated rings. The van der Waals surface area contributed by atoms with Crippen molar-refractivity contribution < 1.29 is 4.79 Å². The van der Waals surface area contributed by atoms with E-state index in [9.17, 15) is 4.79 Å². The SMILES string of the molecule is CC[C@@H](C(=O)NCc1cccc(-c2cnn(C)c2)c1)N(C)C. The topological polar surface area (TPSA) is 50.2 Å². The predicted molar refractivity (Wildman–Crippen MR) is 88.3 cm³/mol. The van der Waals surface area contributed by atoms with E-state index in [0.717, 1.165) is 23.1 Å². The van der Waals surface area contributed by atoms with Gasteiger partial charge in [-0.3, -0.25) is 14.4 Å². The molecule has 5 heteroatoms. The van der Waals surface area contributed by atoms with Gasteiger partial charge in [0.25, 0.3) is 0 Å². The van der Waals surface area contributed by atoms with Crippen LogP contribution in [0.3, 0.4) is 0 Å². The van der Waals surface area contributed by atoms with E-state index in [2.05, 4.69) is 22.5 Å². The summed E-state index contributed by atoms with van der Waals surface area (Å²) in [4.78, 5) is 14.1. The van der Waals surface area contributed by atoms with Gasteiger partial charge in [0.05, 0.1) is 12.2 Å². The molecule has 0 aliphatic heterocycles. The van der Waals surface area contributed by atoms with Gasteiger partial charge in [-0.1, -0.05) is 25.1 Å². The van der Waals surface area contributed by atoms with E-state index in [0.29, 0.717) is 6.54 Å². The van der Waals surface area contributed by atoms with E-state index in [1.807, 2.05) is 57.5 Å². The zero-order chi connectivity index (χ0) is 16.1. The molecule has 0 unspecified atom stereocenters. The summed E-state index contributed by atoms with van der Waals surface area (Å²) in [7, 11) is 5.76. The molecule has 1 aromatic carbocycles. The third kappa shape index (κ3) is 3.95. The lowest BCUT2D eigenvalue weighted by Crippen LogP contribution is -2.42. The van der Waals surface area contributed by atoms with Crippen molar-refractivity contribution >= 4 is 5.91 Å². The molecule has 0 bridgehead atoms. The van der Waals surface area contributed by atoms with Gasteiger partial charge in [0, 0.05) is 25.4 Å². The maximum atomic E-state index is 12.2. The average molecular weight is 300 g/mol. The van der Waals surface area contributed by atoms with Crippen LogP contribution in [-0.2, 0) is 18.4 Å². The van der Waals surface area contributed by atoms with Crippen LogP contribution in [0.1, 0.15) is 18.9 Å². The molecule has 5 nitrogen and oxygen atoms in total. The van der Waals surface area contributed by atoms with Crippen LogP contribution in [0.5, 0.6) is 0 Å². The number of hydrogen-bond acceptors (Lipinski definition) is 3. The summed E-state index contributed by atoms with van der Waals surface area (Å²) < 4.78 is 1.78. The highest BCUT2D eigenvalue weighted by atomic mass is 16.2. The first-order valence-corrected chi connectivity index (χ1v) is 7.53. The van der Waals surface area contributed by atoms with Crippen LogP contribution < -0.4 is 5.32 Å². The largest absolute Gasteiger partial charge is 0.351 e. The molecule has 1 atom stereocenters. The molecule has 0 saturated carbocycles. The zero-order valence-electron chi connectivity index (χ0n) is 13.7. The van der Waals surface area contributed by atoms with Gasteiger partial charge in [0.2, 0.25) is 5.91 Å². The maximum Gasteiger partial charge on any atom is 0.237 e. The number of nitrogens with one attached hydrogen (secondary N) is 1. The first kappa shape index (κ1) is 16.2. The Morgan fingerprint density at radius 1 is 1.36 bits per heavy atom. The summed E-state index contributed by atoms with van der Waals surface area (Å²) in [5.74, 6) is 0.0688. The highest BCUT2D eigenvalue weighted by Crippen LogP contribution is 2.19. The van der Waals surface area contributed by atoms with Crippen LogP contribution >= 0.6 is 0 Å². The minimum absolute atomic E-state index is 0.0688. The predicted octanol–water partition coefficient (Wildman–Crippen LogP) is 2.04. The smallest absolute Gasteiger partial charge is 0.237 e. The molecule has 1 aromatic heterocycles. The van der Waals surface area contributed by atoms with Crippen LogP contribution in [0.25, 0.3) is 11.1 Å². The fourth-order valence-corrected chi connectivity index (χ4v) is 2.52. The van der Waals surface area contributed by atoms with Gasteiger partial charge in [-0.25, -0.2) is 0 Å². The van der Waals surface area contributed by atoms with Gasteiger partial charge in [-0.05, 0) is 37.7 Å². The van der Waals surface area contributed by atoms with Gasteiger partial charge >= 0.3 is 0 Å². The number of likely N-dealkylation sites (N-methyl/N-ethyl adjacent to an activating group) is 1. The lowest BCUT2D eigenvalue weighted by molar-refractivity contribution is -0.125. The Bertz CT molecular complexity index is 633. The van der Waals surface area contributed by atoms with Gasteiger partial charge in [0.15, 0.2) is 0 Å². The van der Waals surface area contributed by atoms with Crippen LogP contribution in [0.15, 0.2) is 36.7 Å². The Kier molecular flexibility index (Phi) is 5.33. The molecule has 0 radical (unpaired) electrons. The van der Waals surface area contributed by atoms with E-state index in [4.69, 9.17) is 0 Å². The van der Waals surface area contributed by atoms with E-state index in [-0.39, 0.29) is 11.9 Å². The fourth-order valence-electron chi connectivity index (χ4n) is 2.52. The minimum Gasteiger partial charge on any atom is -0.351 e. The van der Waals surface area contributed by atoms with Crippen molar-refractivity contribution in [2.45, 2.75) is 25.9 Å². The number of hydrogen-bond donors (Lipinski definition) is 1. The van der Waals surface area contributed by atoms with E-state index in [1.165, 1.54) is 0 Å². The van der Waals surface area contributed by atoms with Gasteiger partial charge in [-0.2, -0.15) is 5.10 Å². The number of aryl methyl sites for hydroxylation is 1. The quantitative estimate of drug-likeness (QED) is 0.888. The van der Waals surface area contributed by atoms with Crippen molar-refractivity contribution in [3.63, 3.8) is 0 Å². The molecule has 2 aromatic rings. The van der Waals surface area contributed by atoms with Crippen molar-refractivity contribution in [1.29, 1.82) is 0 Å². The highest BCUT2D eigenvalue weighted by Gasteiger charge is 2.17. The Hall–Kier alpha value is -2.14. The Morgan fingerprint density at radius 2 is 2.14 bits per heavy atom. The first-order valence-electron chi connectivity index (χ1n) is 7.53.